The van der Waals surface area contributed by atoms with E-state index in [4.69, 9.17) is 0 Å². The van der Waals surface area contributed by atoms with Crippen molar-refractivity contribution in [1.82, 2.24) is 15.0 Å². The van der Waals surface area contributed by atoms with Gasteiger partial charge in [0.15, 0.2) is 5.16 Å². The molecule has 0 bridgehead atoms. The smallest absolute Gasteiger partial charge is 0.316 e. The van der Waals surface area contributed by atoms with Gasteiger partial charge in [-0.2, -0.15) is 15.0 Å². The van der Waals surface area contributed by atoms with Gasteiger partial charge in [-0.15, -0.1) is 0 Å². The summed E-state index contributed by atoms with van der Waals surface area (Å²) in [5.74, 6) is 1.17. The number of methoxy groups -OCH3 is 1. The van der Waals surface area contributed by atoms with Gasteiger partial charge in [0.25, 0.3) is 0 Å². The molecule has 1 aromatic heterocycles. The standard InChI is InChI=1S/C13H21N5O2S/c1-3-6-14-11-15-12(18-7-4-5-8-18)17-13(16-11)21-9-10(19)20-2/h3-9H2,1-2H3,(H,14,15,16,17). The predicted octanol–water partition coefficient (Wildman–Crippen LogP) is 1.56. The number of nitrogens with zero attached hydrogens (tertiary/aromatic N) is 4. The van der Waals surface area contributed by atoms with Crippen molar-refractivity contribution in [2.75, 3.05) is 42.7 Å². The van der Waals surface area contributed by atoms with Crippen LogP contribution in [0.25, 0.3) is 0 Å². The molecule has 1 saturated heterocycles. The molecule has 0 atom stereocenters. The van der Waals surface area contributed by atoms with Gasteiger partial charge in [0, 0.05) is 19.6 Å². The summed E-state index contributed by atoms with van der Waals surface area (Å²) in [7, 11) is 1.38. The van der Waals surface area contributed by atoms with E-state index in [1.54, 1.807) is 0 Å². The lowest BCUT2D eigenvalue weighted by molar-refractivity contribution is -0.137. The number of anilines is 2. The predicted molar refractivity (Wildman–Crippen MR) is 82.8 cm³/mol. The van der Waals surface area contributed by atoms with Crippen LogP contribution in [0.5, 0.6) is 0 Å². The third-order valence-corrected chi connectivity index (χ3v) is 3.89. The molecular formula is C13H21N5O2S. The second-order valence-electron chi connectivity index (χ2n) is 4.73. The Labute approximate surface area is 128 Å². The molecule has 21 heavy (non-hydrogen) atoms. The fraction of sp³-hybridized carbons (Fsp3) is 0.692. The summed E-state index contributed by atoms with van der Waals surface area (Å²) < 4.78 is 4.64. The first-order valence-electron chi connectivity index (χ1n) is 7.17. The van der Waals surface area contributed by atoms with Crippen LogP contribution in [0, 0.1) is 0 Å². The molecule has 1 aliphatic heterocycles. The molecule has 0 amide bonds. The summed E-state index contributed by atoms with van der Waals surface area (Å²) in [5, 5.41) is 3.73. The number of carbonyl (C=O) groups is 1. The third-order valence-electron chi connectivity index (χ3n) is 3.07. The zero-order valence-corrected chi connectivity index (χ0v) is 13.3. The number of hydrogen-bond donors (Lipinski definition) is 1. The Kier molecular flexibility index (Phi) is 6.04. The summed E-state index contributed by atoms with van der Waals surface area (Å²) in [4.78, 5) is 26.7. The Balaban J connectivity index is 2.13. The molecule has 0 aromatic carbocycles. The number of nitrogens with one attached hydrogen (secondary N) is 1. The molecule has 0 unspecified atom stereocenters. The first kappa shape index (κ1) is 15.8. The van der Waals surface area contributed by atoms with Gasteiger partial charge in [-0.3, -0.25) is 4.79 Å². The number of aromatic nitrogens is 3. The van der Waals surface area contributed by atoms with E-state index in [2.05, 4.69) is 36.8 Å². The van der Waals surface area contributed by atoms with Crippen molar-refractivity contribution in [2.45, 2.75) is 31.3 Å². The van der Waals surface area contributed by atoms with Crippen LogP contribution in [0.2, 0.25) is 0 Å². The van der Waals surface area contributed by atoms with Crippen molar-refractivity contribution < 1.29 is 9.53 Å². The molecule has 2 heterocycles. The van der Waals surface area contributed by atoms with Crippen LogP contribution < -0.4 is 10.2 Å². The van der Waals surface area contributed by atoms with E-state index in [0.717, 1.165) is 38.9 Å². The van der Waals surface area contributed by atoms with Gasteiger partial charge in [-0.1, -0.05) is 18.7 Å². The van der Waals surface area contributed by atoms with E-state index in [1.165, 1.54) is 18.9 Å². The monoisotopic (exact) mass is 311 g/mol. The highest BCUT2D eigenvalue weighted by molar-refractivity contribution is 7.99. The Bertz CT molecular complexity index is 480. The number of thioether (sulfide) groups is 1. The van der Waals surface area contributed by atoms with E-state index in [1.807, 2.05) is 0 Å². The fourth-order valence-corrected chi connectivity index (χ4v) is 2.63. The maximum atomic E-state index is 11.2. The van der Waals surface area contributed by atoms with Crippen molar-refractivity contribution >= 4 is 29.6 Å². The van der Waals surface area contributed by atoms with Gasteiger partial charge >= 0.3 is 5.97 Å². The highest BCUT2D eigenvalue weighted by Gasteiger charge is 2.18. The number of hydrogen-bond acceptors (Lipinski definition) is 8. The number of rotatable bonds is 7. The molecule has 7 nitrogen and oxygen atoms in total. The van der Waals surface area contributed by atoms with E-state index < -0.39 is 0 Å². The summed E-state index contributed by atoms with van der Waals surface area (Å²) in [5.41, 5.74) is 0. The largest absolute Gasteiger partial charge is 0.468 e. The van der Waals surface area contributed by atoms with Gasteiger partial charge < -0.3 is 15.0 Å². The molecule has 2 rings (SSSR count). The zero-order valence-electron chi connectivity index (χ0n) is 12.5. The number of esters is 1. The highest BCUT2D eigenvalue weighted by atomic mass is 32.2. The second-order valence-corrected chi connectivity index (χ2v) is 5.67. The Morgan fingerprint density at radius 2 is 2.10 bits per heavy atom. The minimum Gasteiger partial charge on any atom is -0.468 e. The van der Waals surface area contributed by atoms with E-state index in [9.17, 15) is 4.79 Å². The lowest BCUT2D eigenvalue weighted by Crippen LogP contribution is -2.22. The van der Waals surface area contributed by atoms with Crippen LogP contribution in [0.4, 0.5) is 11.9 Å². The van der Waals surface area contributed by atoms with Crippen LogP contribution in [-0.2, 0) is 9.53 Å². The third kappa shape index (κ3) is 4.73. The summed E-state index contributed by atoms with van der Waals surface area (Å²) in [6, 6.07) is 0. The molecule has 1 N–H and O–H groups in total. The van der Waals surface area contributed by atoms with Crippen molar-refractivity contribution in [1.29, 1.82) is 0 Å². The van der Waals surface area contributed by atoms with Crippen molar-refractivity contribution in [3.8, 4) is 0 Å². The van der Waals surface area contributed by atoms with Gasteiger partial charge in [0.05, 0.1) is 12.9 Å². The number of ether oxygens (including phenoxy) is 1. The zero-order chi connectivity index (χ0) is 15.1. The fourth-order valence-electron chi connectivity index (χ4n) is 1.97. The molecule has 1 aromatic rings. The first-order valence-corrected chi connectivity index (χ1v) is 8.16. The molecule has 116 valence electrons. The Morgan fingerprint density at radius 1 is 1.33 bits per heavy atom. The van der Waals surface area contributed by atoms with Crippen LogP contribution in [0.15, 0.2) is 5.16 Å². The average Bonchev–Trinajstić information content (AvgIpc) is 3.04. The van der Waals surface area contributed by atoms with Gasteiger partial charge in [-0.05, 0) is 19.3 Å². The summed E-state index contributed by atoms with van der Waals surface area (Å²) in [6.07, 6.45) is 3.32. The SMILES string of the molecule is CCCNc1nc(SCC(=O)OC)nc(N2CCCC2)n1. The molecule has 0 aliphatic carbocycles. The molecular weight excluding hydrogens is 290 g/mol. The normalized spacial score (nSPS) is 14.3. The molecule has 8 heteroatoms. The summed E-state index contributed by atoms with van der Waals surface area (Å²) >= 11 is 1.27. The average molecular weight is 311 g/mol. The molecule has 1 fully saturated rings. The quantitative estimate of drug-likeness (QED) is 0.600. The van der Waals surface area contributed by atoms with Gasteiger partial charge in [0.1, 0.15) is 0 Å². The highest BCUT2D eigenvalue weighted by Crippen LogP contribution is 2.21. The van der Waals surface area contributed by atoms with Crippen LogP contribution in [0.1, 0.15) is 26.2 Å². The van der Waals surface area contributed by atoms with E-state index >= 15 is 0 Å². The Morgan fingerprint density at radius 3 is 2.76 bits per heavy atom. The minimum absolute atomic E-state index is 0.202. The van der Waals surface area contributed by atoms with Crippen LogP contribution in [0.3, 0.4) is 0 Å². The second kappa shape index (κ2) is 8.02. The Hall–Kier alpha value is -1.57. The minimum atomic E-state index is -0.286. The maximum Gasteiger partial charge on any atom is 0.316 e. The van der Waals surface area contributed by atoms with Crippen LogP contribution >= 0.6 is 11.8 Å². The molecule has 0 radical (unpaired) electrons. The molecule has 1 aliphatic rings. The van der Waals surface area contributed by atoms with Gasteiger partial charge in [-0.25, -0.2) is 0 Å². The topological polar surface area (TPSA) is 80.2 Å². The summed E-state index contributed by atoms with van der Waals surface area (Å²) in [6.45, 7) is 4.84. The van der Waals surface area contributed by atoms with E-state index in [0.29, 0.717) is 17.1 Å². The lowest BCUT2D eigenvalue weighted by atomic mass is 10.4. The molecule has 0 spiro atoms. The lowest BCUT2D eigenvalue weighted by Gasteiger charge is -2.16. The van der Waals surface area contributed by atoms with E-state index in [-0.39, 0.29) is 11.7 Å². The molecule has 0 saturated carbocycles. The van der Waals surface area contributed by atoms with Crippen molar-refractivity contribution in [3.63, 3.8) is 0 Å². The first-order chi connectivity index (χ1) is 10.2. The number of carbonyl (C=O) groups excluding carboxylic acids is 1. The van der Waals surface area contributed by atoms with Gasteiger partial charge in [0.2, 0.25) is 11.9 Å². The van der Waals surface area contributed by atoms with Crippen molar-refractivity contribution in [2.24, 2.45) is 0 Å². The van der Waals surface area contributed by atoms with Crippen molar-refractivity contribution in [3.05, 3.63) is 0 Å². The van der Waals surface area contributed by atoms with Crippen LogP contribution in [-0.4, -0.2) is 53.4 Å². The maximum absolute atomic E-state index is 11.2.